The van der Waals surface area contributed by atoms with Gasteiger partial charge in [-0.05, 0) is 5.92 Å². The molecular weight excluding hydrogens is 126 g/mol. The van der Waals surface area contributed by atoms with Gasteiger partial charge in [-0.2, -0.15) is 5.26 Å². The van der Waals surface area contributed by atoms with E-state index in [0.717, 1.165) is 12.2 Å². The maximum atomic E-state index is 6.88. The van der Waals surface area contributed by atoms with Gasteiger partial charge in [-0.15, -0.1) is 0 Å². The molecule has 1 aliphatic rings. The summed E-state index contributed by atoms with van der Waals surface area (Å²) < 4.78 is 0. The molecule has 0 amide bonds. The van der Waals surface area contributed by atoms with Crippen LogP contribution < -0.4 is 0 Å². The van der Waals surface area contributed by atoms with Gasteiger partial charge in [0.2, 0.25) is 0 Å². The number of hydrogen-bond donors (Lipinski definition) is 1. The minimum Gasteiger partial charge on any atom is -0.443 e. The Morgan fingerprint density at radius 1 is 1.30 bits per heavy atom. The zero-order valence-corrected chi connectivity index (χ0v) is 6.51. The van der Waals surface area contributed by atoms with E-state index in [4.69, 9.17) is 10.4 Å². The van der Waals surface area contributed by atoms with Gasteiger partial charge in [0.15, 0.2) is 0 Å². The Kier molecular flexibility index (Phi) is 5.96. The summed E-state index contributed by atoms with van der Waals surface area (Å²) >= 11 is 0. The highest BCUT2D eigenvalue weighted by Gasteiger charge is 2.05. The zero-order chi connectivity index (χ0) is 7.82. The third kappa shape index (κ3) is 5.43. The molecule has 0 bridgehead atoms. The Labute approximate surface area is 62.5 Å². The van der Waals surface area contributed by atoms with Crippen LogP contribution in [0.5, 0.6) is 0 Å². The van der Waals surface area contributed by atoms with Crippen molar-refractivity contribution in [2.45, 2.75) is 39.0 Å². The van der Waals surface area contributed by atoms with Crippen molar-refractivity contribution in [1.82, 2.24) is 0 Å². The molecule has 0 aliphatic heterocycles. The Morgan fingerprint density at radius 2 is 1.70 bits per heavy atom. The predicted molar refractivity (Wildman–Crippen MR) is 39.8 cm³/mol. The first-order chi connectivity index (χ1) is 4.81. The highest BCUT2D eigenvalue weighted by Crippen LogP contribution is 2.21. The fourth-order valence-corrected chi connectivity index (χ4v) is 1.31. The predicted octanol–water partition coefficient (Wildman–Crippen LogP) is 2.43. The quantitative estimate of drug-likeness (QED) is 0.526. The second kappa shape index (κ2) is 6.41. The average Bonchev–Trinajstić information content (AvgIpc) is 1.91. The van der Waals surface area contributed by atoms with Crippen LogP contribution in [0.15, 0.2) is 0 Å². The van der Waals surface area contributed by atoms with Crippen LogP contribution in [0.4, 0.5) is 0 Å². The molecule has 1 aliphatic carbocycles. The number of hydrogen-bond acceptors (Lipinski definition) is 2. The lowest BCUT2D eigenvalue weighted by molar-refractivity contribution is 0.385. The first-order valence-electron chi connectivity index (χ1n) is 3.84. The lowest BCUT2D eigenvalue weighted by Crippen LogP contribution is -1.99. The van der Waals surface area contributed by atoms with Crippen LogP contribution in [0.3, 0.4) is 0 Å². The SMILES string of the molecule is CC1CCCCC1.N#CO. The summed E-state index contributed by atoms with van der Waals surface area (Å²) in [6, 6.07) is 0. The standard InChI is InChI=1S/C7H14.CHNO/c1-7-5-3-2-4-6-7;2-1-3/h7H,2-6H2,1H3;3H. The molecule has 0 aromatic rings. The molecule has 10 heavy (non-hydrogen) atoms. The van der Waals surface area contributed by atoms with Crippen LogP contribution in [-0.2, 0) is 0 Å². The molecule has 1 rings (SSSR count). The number of aliphatic hydroxyl groups excluding tert-OH is 1. The van der Waals surface area contributed by atoms with Crippen molar-refractivity contribution in [2.24, 2.45) is 5.92 Å². The van der Waals surface area contributed by atoms with Gasteiger partial charge in [0.25, 0.3) is 6.26 Å². The molecule has 58 valence electrons. The van der Waals surface area contributed by atoms with E-state index in [1.807, 2.05) is 0 Å². The Morgan fingerprint density at radius 3 is 1.90 bits per heavy atom. The van der Waals surface area contributed by atoms with Crippen LogP contribution in [-0.4, -0.2) is 5.11 Å². The Bertz CT molecular complexity index is 100. The summed E-state index contributed by atoms with van der Waals surface area (Å²) in [6.45, 7) is 2.36. The second-order valence-corrected chi connectivity index (χ2v) is 2.84. The molecule has 0 radical (unpaired) electrons. The molecule has 0 heterocycles. The number of aliphatic hydroxyl groups is 1. The van der Waals surface area contributed by atoms with Crippen molar-refractivity contribution in [3.05, 3.63) is 0 Å². The maximum Gasteiger partial charge on any atom is 0.283 e. The fourth-order valence-electron chi connectivity index (χ4n) is 1.31. The third-order valence-electron chi connectivity index (χ3n) is 1.89. The number of nitriles is 1. The van der Waals surface area contributed by atoms with E-state index in [0.29, 0.717) is 0 Å². The number of rotatable bonds is 0. The zero-order valence-electron chi connectivity index (χ0n) is 6.51. The molecule has 2 heteroatoms. The summed E-state index contributed by atoms with van der Waals surface area (Å²) in [6.07, 6.45) is 8.19. The van der Waals surface area contributed by atoms with Crippen molar-refractivity contribution in [2.75, 3.05) is 0 Å². The van der Waals surface area contributed by atoms with Gasteiger partial charge in [-0.3, -0.25) is 0 Å². The first-order valence-corrected chi connectivity index (χ1v) is 3.84. The van der Waals surface area contributed by atoms with E-state index < -0.39 is 0 Å². The Balaban J connectivity index is 0.000000236. The van der Waals surface area contributed by atoms with Crippen molar-refractivity contribution in [3.8, 4) is 6.26 Å². The Hall–Kier alpha value is -0.710. The van der Waals surface area contributed by atoms with E-state index in [-0.39, 0.29) is 0 Å². The van der Waals surface area contributed by atoms with Gasteiger partial charge in [0, 0.05) is 0 Å². The molecular formula is C8H15NO. The molecule has 1 fully saturated rings. The molecule has 0 unspecified atom stereocenters. The lowest BCUT2D eigenvalue weighted by atomic mass is 9.91. The van der Waals surface area contributed by atoms with E-state index >= 15 is 0 Å². The maximum absolute atomic E-state index is 6.88. The van der Waals surface area contributed by atoms with Crippen molar-refractivity contribution in [1.29, 1.82) is 5.26 Å². The molecule has 0 saturated heterocycles. The molecule has 0 aromatic heterocycles. The summed E-state index contributed by atoms with van der Waals surface area (Å²) in [7, 11) is 0. The van der Waals surface area contributed by atoms with E-state index in [9.17, 15) is 0 Å². The molecule has 0 aromatic carbocycles. The highest BCUT2D eigenvalue weighted by molar-refractivity contribution is 4.59. The summed E-state index contributed by atoms with van der Waals surface area (Å²) in [5, 5.41) is 13.8. The smallest absolute Gasteiger partial charge is 0.283 e. The minimum absolute atomic E-state index is 0.750. The van der Waals surface area contributed by atoms with Gasteiger partial charge in [-0.25, -0.2) is 0 Å². The van der Waals surface area contributed by atoms with Crippen LogP contribution in [0.25, 0.3) is 0 Å². The van der Waals surface area contributed by atoms with Crippen LogP contribution in [0.1, 0.15) is 39.0 Å². The highest BCUT2D eigenvalue weighted by atomic mass is 16.2. The van der Waals surface area contributed by atoms with Crippen LogP contribution in [0.2, 0.25) is 0 Å². The van der Waals surface area contributed by atoms with E-state index in [2.05, 4.69) is 6.92 Å². The lowest BCUT2D eigenvalue weighted by Gasteiger charge is -2.15. The molecule has 2 nitrogen and oxygen atoms in total. The topological polar surface area (TPSA) is 44.0 Å². The molecule has 0 spiro atoms. The van der Waals surface area contributed by atoms with Crippen molar-refractivity contribution < 1.29 is 5.11 Å². The second-order valence-electron chi connectivity index (χ2n) is 2.84. The number of nitrogens with zero attached hydrogens (tertiary/aromatic N) is 1. The van der Waals surface area contributed by atoms with Gasteiger partial charge in [0.05, 0.1) is 0 Å². The average molecular weight is 141 g/mol. The van der Waals surface area contributed by atoms with Crippen molar-refractivity contribution in [3.63, 3.8) is 0 Å². The fraction of sp³-hybridized carbons (Fsp3) is 0.875. The molecule has 1 saturated carbocycles. The van der Waals surface area contributed by atoms with E-state index in [1.165, 1.54) is 32.1 Å². The third-order valence-corrected chi connectivity index (χ3v) is 1.89. The molecule has 0 atom stereocenters. The summed E-state index contributed by atoms with van der Waals surface area (Å²) in [4.78, 5) is 0. The monoisotopic (exact) mass is 141 g/mol. The molecule has 1 N–H and O–H groups in total. The van der Waals surface area contributed by atoms with Crippen LogP contribution in [0, 0.1) is 17.4 Å². The summed E-state index contributed by atoms with van der Waals surface area (Å²) in [5.74, 6) is 1.04. The van der Waals surface area contributed by atoms with E-state index in [1.54, 1.807) is 0 Å². The van der Waals surface area contributed by atoms with Gasteiger partial charge in [0.1, 0.15) is 0 Å². The van der Waals surface area contributed by atoms with Gasteiger partial charge >= 0.3 is 0 Å². The van der Waals surface area contributed by atoms with Gasteiger partial charge in [-0.1, -0.05) is 39.0 Å². The first kappa shape index (κ1) is 9.29. The minimum atomic E-state index is 0.750. The van der Waals surface area contributed by atoms with Crippen molar-refractivity contribution >= 4 is 0 Å². The normalized spacial score (nSPS) is 18.4. The van der Waals surface area contributed by atoms with Gasteiger partial charge < -0.3 is 5.11 Å². The largest absolute Gasteiger partial charge is 0.443 e. The van der Waals surface area contributed by atoms with Crippen LogP contribution >= 0.6 is 0 Å². The summed E-state index contributed by atoms with van der Waals surface area (Å²) in [5.41, 5.74) is 0.